The van der Waals surface area contributed by atoms with Crippen LogP contribution >= 0.6 is 23.1 Å². The van der Waals surface area contributed by atoms with E-state index >= 15 is 0 Å². The number of aromatic nitrogens is 3. The van der Waals surface area contributed by atoms with Crippen LogP contribution in [0.2, 0.25) is 0 Å². The highest BCUT2D eigenvalue weighted by atomic mass is 32.2. The summed E-state index contributed by atoms with van der Waals surface area (Å²) in [6.45, 7) is 2.02. The predicted molar refractivity (Wildman–Crippen MR) is 77.5 cm³/mol. The zero-order chi connectivity index (χ0) is 14.1. The summed E-state index contributed by atoms with van der Waals surface area (Å²) in [4.78, 5) is 25.7. The van der Waals surface area contributed by atoms with Crippen LogP contribution in [0, 0.1) is 6.92 Å². The molecule has 0 aromatic carbocycles. The molecule has 3 heterocycles. The number of carboxylic acids is 1. The van der Waals surface area contributed by atoms with Gasteiger partial charge in [0.15, 0.2) is 0 Å². The van der Waals surface area contributed by atoms with Gasteiger partial charge in [-0.1, -0.05) is 0 Å². The molecule has 0 atom stereocenters. The molecule has 0 radical (unpaired) electrons. The lowest BCUT2D eigenvalue weighted by atomic mass is 10.3. The molecule has 0 aliphatic rings. The molecule has 3 aromatic heterocycles. The summed E-state index contributed by atoms with van der Waals surface area (Å²) in [7, 11) is 0. The first-order chi connectivity index (χ1) is 9.63. The van der Waals surface area contributed by atoms with Crippen LogP contribution in [0.15, 0.2) is 40.8 Å². The lowest BCUT2D eigenvalue weighted by molar-refractivity contribution is 0.0696. The standard InChI is InChI=1S/C13H9N3O2S2/c1-7-4-9-11(19-7)15-6-16-12(9)20-10-5-8(13(17)18)2-3-14-10/h2-6H,1H3,(H,17,18). The Morgan fingerprint density at radius 2 is 2.15 bits per heavy atom. The van der Waals surface area contributed by atoms with E-state index in [0.29, 0.717) is 5.03 Å². The second kappa shape index (κ2) is 5.18. The minimum atomic E-state index is -0.964. The van der Waals surface area contributed by atoms with Gasteiger partial charge in [-0.05, 0) is 36.9 Å². The number of thiophene rings is 1. The van der Waals surface area contributed by atoms with Crippen LogP contribution in [0.4, 0.5) is 0 Å². The van der Waals surface area contributed by atoms with E-state index in [2.05, 4.69) is 15.0 Å². The van der Waals surface area contributed by atoms with Gasteiger partial charge in [0.05, 0.1) is 5.56 Å². The van der Waals surface area contributed by atoms with E-state index in [1.165, 1.54) is 30.4 Å². The molecule has 5 nitrogen and oxygen atoms in total. The minimum Gasteiger partial charge on any atom is -0.478 e. The molecule has 3 rings (SSSR count). The van der Waals surface area contributed by atoms with E-state index in [4.69, 9.17) is 5.11 Å². The minimum absolute atomic E-state index is 0.217. The quantitative estimate of drug-likeness (QED) is 0.749. The predicted octanol–water partition coefficient (Wildman–Crippen LogP) is 3.24. The van der Waals surface area contributed by atoms with Crippen LogP contribution in [0.5, 0.6) is 0 Å². The Morgan fingerprint density at radius 3 is 2.95 bits per heavy atom. The molecule has 100 valence electrons. The molecular weight excluding hydrogens is 294 g/mol. The average Bonchev–Trinajstić information content (AvgIpc) is 2.80. The lowest BCUT2D eigenvalue weighted by Crippen LogP contribution is -1.96. The molecule has 0 bridgehead atoms. The fourth-order valence-electron chi connectivity index (χ4n) is 1.73. The third-order valence-electron chi connectivity index (χ3n) is 2.60. The van der Waals surface area contributed by atoms with E-state index in [0.717, 1.165) is 20.1 Å². The summed E-state index contributed by atoms with van der Waals surface area (Å²) >= 11 is 2.95. The zero-order valence-electron chi connectivity index (χ0n) is 10.4. The number of hydrogen-bond donors (Lipinski definition) is 1. The van der Waals surface area contributed by atoms with Crippen molar-refractivity contribution in [2.24, 2.45) is 0 Å². The highest BCUT2D eigenvalue weighted by Gasteiger charge is 2.11. The summed E-state index contributed by atoms with van der Waals surface area (Å²) in [5.74, 6) is -0.964. The highest BCUT2D eigenvalue weighted by molar-refractivity contribution is 7.99. The Kier molecular flexibility index (Phi) is 3.37. The topological polar surface area (TPSA) is 76.0 Å². The summed E-state index contributed by atoms with van der Waals surface area (Å²) in [6.07, 6.45) is 3.00. The van der Waals surface area contributed by atoms with Crippen molar-refractivity contribution >= 4 is 39.3 Å². The first-order valence-corrected chi connectivity index (χ1v) is 7.35. The van der Waals surface area contributed by atoms with E-state index in [9.17, 15) is 4.79 Å². The number of aryl methyl sites for hydroxylation is 1. The Labute approximate surface area is 122 Å². The van der Waals surface area contributed by atoms with Gasteiger partial charge in [-0.25, -0.2) is 19.7 Å². The number of rotatable bonds is 3. The number of pyridine rings is 1. The smallest absolute Gasteiger partial charge is 0.335 e. The van der Waals surface area contributed by atoms with Crippen molar-refractivity contribution in [2.45, 2.75) is 17.0 Å². The van der Waals surface area contributed by atoms with E-state index in [1.807, 2.05) is 13.0 Å². The van der Waals surface area contributed by atoms with Gasteiger partial charge in [0.1, 0.15) is 21.2 Å². The molecule has 1 N–H and O–H groups in total. The van der Waals surface area contributed by atoms with Crippen LogP contribution in [-0.4, -0.2) is 26.0 Å². The van der Waals surface area contributed by atoms with Crippen molar-refractivity contribution < 1.29 is 9.90 Å². The number of hydrogen-bond acceptors (Lipinski definition) is 6. The Hall–Kier alpha value is -1.99. The molecule has 7 heteroatoms. The fourth-order valence-corrected chi connectivity index (χ4v) is 3.51. The molecule has 0 fully saturated rings. The largest absolute Gasteiger partial charge is 0.478 e. The van der Waals surface area contributed by atoms with Gasteiger partial charge in [-0.2, -0.15) is 0 Å². The van der Waals surface area contributed by atoms with Crippen molar-refractivity contribution in [3.05, 3.63) is 41.2 Å². The molecule has 0 amide bonds. The average molecular weight is 303 g/mol. The maximum atomic E-state index is 11.0. The first kappa shape index (κ1) is 13.0. The molecule has 0 aliphatic carbocycles. The van der Waals surface area contributed by atoms with Crippen molar-refractivity contribution in [1.82, 2.24) is 15.0 Å². The van der Waals surface area contributed by atoms with Crippen molar-refractivity contribution in [1.29, 1.82) is 0 Å². The fraction of sp³-hybridized carbons (Fsp3) is 0.0769. The molecule has 0 saturated heterocycles. The van der Waals surface area contributed by atoms with Crippen molar-refractivity contribution in [2.75, 3.05) is 0 Å². The first-order valence-electron chi connectivity index (χ1n) is 5.72. The van der Waals surface area contributed by atoms with Gasteiger partial charge >= 0.3 is 5.97 Å². The molecule has 0 aliphatic heterocycles. The summed E-state index contributed by atoms with van der Waals surface area (Å²) in [6, 6.07) is 5.04. The van der Waals surface area contributed by atoms with Crippen molar-refractivity contribution in [3.8, 4) is 0 Å². The van der Waals surface area contributed by atoms with Crippen LogP contribution in [-0.2, 0) is 0 Å². The molecule has 3 aromatic rings. The van der Waals surface area contributed by atoms with Gasteiger partial charge in [-0.15, -0.1) is 11.3 Å². The molecule has 0 spiro atoms. The molecule has 0 saturated carbocycles. The summed E-state index contributed by atoms with van der Waals surface area (Å²) < 4.78 is 0. The second-order valence-corrected chi connectivity index (χ2v) is 6.29. The molecule has 20 heavy (non-hydrogen) atoms. The Morgan fingerprint density at radius 1 is 1.30 bits per heavy atom. The van der Waals surface area contributed by atoms with Crippen LogP contribution in [0.25, 0.3) is 10.2 Å². The van der Waals surface area contributed by atoms with Gasteiger partial charge in [-0.3, -0.25) is 0 Å². The Bertz CT molecular complexity index is 801. The van der Waals surface area contributed by atoms with Gasteiger partial charge in [0, 0.05) is 16.5 Å². The highest BCUT2D eigenvalue weighted by Crippen LogP contribution is 2.33. The molecule has 0 unspecified atom stereocenters. The van der Waals surface area contributed by atoms with E-state index < -0.39 is 5.97 Å². The normalized spacial score (nSPS) is 10.8. The maximum Gasteiger partial charge on any atom is 0.335 e. The monoisotopic (exact) mass is 303 g/mol. The zero-order valence-corrected chi connectivity index (χ0v) is 12.0. The number of fused-ring (bicyclic) bond motifs is 1. The Balaban J connectivity index is 2.01. The SMILES string of the molecule is Cc1cc2c(Sc3cc(C(=O)O)ccn3)ncnc2s1. The second-order valence-electron chi connectivity index (χ2n) is 4.04. The molecular formula is C13H9N3O2S2. The maximum absolute atomic E-state index is 11.0. The van der Waals surface area contributed by atoms with Crippen LogP contribution < -0.4 is 0 Å². The van der Waals surface area contributed by atoms with Gasteiger partial charge < -0.3 is 5.11 Å². The number of aromatic carboxylic acids is 1. The summed E-state index contributed by atoms with van der Waals surface area (Å²) in [5, 5.41) is 11.4. The number of carbonyl (C=O) groups is 1. The van der Waals surface area contributed by atoms with Crippen molar-refractivity contribution in [3.63, 3.8) is 0 Å². The third kappa shape index (κ3) is 2.50. The van der Waals surface area contributed by atoms with Gasteiger partial charge in [0.2, 0.25) is 0 Å². The van der Waals surface area contributed by atoms with Gasteiger partial charge in [0.25, 0.3) is 0 Å². The summed E-state index contributed by atoms with van der Waals surface area (Å²) in [5.41, 5.74) is 0.217. The lowest BCUT2D eigenvalue weighted by Gasteiger charge is -2.02. The third-order valence-corrected chi connectivity index (χ3v) is 4.51. The van der Waals surface area contributed by atoms with Crippen LogP contribution in [0.1, 0.15) is 15.2 Å². The number of nitrogens with zero attached hydrogens (tertiary/aromatic N) is 3. The van der Waals surface area contributed by atoms with E-state index in [-0.39, 0.29) is 5.56 Å². The number of carboxylic acid groups (broad SMARTS) is 1. The van der Waals surface area contributed by atoms with E-state index in [1.54, 1.807) is 17.4 Å². The van der Waals surface area contributed by atoms with Crippen LogP contribution in [0.3, 0.4) is 0 Å².